The van der Waals surface area contributed by atoms with E-state index in [4.69, 9.17) is 0 Å². The molecule has 0 amide bonds. The number of benzene rings is 1. The van der Waals surface area contributed by atoms with Crippen LogP contribution in [0.15, 0.2) is 22.7 Å². The molecule has 1 aromatic carbocycles. The zero-order valence-corrected chi connectivity index (χ0v) is 11.9. The van der Waals surface area contributed by atoms with Crippen LogP contribution in [0.2, 0.25) is 0 Å². The molecule has 0 atom stereocenters. The van der Waals surface area contributed by atoms with E-state index in [0.29, 0.717) is 22.4 Å². The highest BCUT2D eigenvalue weighted by atomic mass is 79.9. The van der Waals surface area contributed by atoms with Crippen LogP contribution in [0.5, 0.6) is 0 Å². The number of alkyl halides is 3. The fraction of sp³-hybridized carbons (Fsp3) is 0.571. The number of nitrogens with one attached hydrogen (secondary N) is 1. The number of hydrogen-bond acceptors (Lipinski definition) is 1. The molecule has 0 saturated heterocycles. The summed E-state index contributed by atoms with van der Waals surface area (Å²) < 4.78 is 38.3. The van der Waals surface area contributed by atoms with Gasteiger partial charge in [0.15, 0.2) is 0 Å². The lowest BCUT2D eigenvalue weighted by Gasteiger charge is -2.20. The van der Waals surface area contributed by atoms with Crippen molar-refractivity contribution in [3.63, 3.8) is 0 Å². The largest absolute Gasteiger partial charge is 0.416 e. The molecule has 0 radical (unpaired) electrons. The molecule has 0 unspecified atom stereocenters. The average molecular weight is 334 g/mol. The summed E-state index contributed by atoms with van der Waals surface area (Å²) in [6.07, 6.45) is 0.686. The zero-order valence-electron chi connectivity index (χ0n) is 10.3. The Kier molecular flexibility index (Phi) is 3.28. The van der Waals surface area contributed by atoms with Crippen molar-refractivity contribution in [2.45, 2.75) is 37.9 Å². The summed E-state index contributed by atoms with van der Waals surface area (Å²) in [5.41, 5.74) is 0.163. The summed E-state index contributed by atoms with van der Waals surface area (Å²) in [6.45, 7) is 0. The van der Waals surface area contributed by atoms with Gasteiger partial charge in [-0.15, -0.1) is 0 Å². The van der Waals surface area contributed by atoms with Gasteiger partial charge in [-0.2, -0.15) is 13.2 Å². The van der Waals surface area contributed by atoms with Gasteiger partial charge in [0.05, 0.1) is 5.56 Å². The fourth-order valence-corrected chi connectivity index (χ4v) is 3.01. The van der Waals surface area contributed by atoms with Crippen molar-refractivity contribution in [3.8, 4) is 0 Å². The van der Waals surface area contributed by atoms with Crippen molar-refractivity contribution in [3.05, 3.63) is 28.2 Å². The van der Waals surface area contributed by atoms with Crippen LogP contribution in [0, 0.1) is 11.8 Å². The van der Waals surface area contributed by atoms with Crippen molar-refractivity contribution in [2.24, 2.45) is 11.8 Å². The smallest absolute Gasteiger partial charge is 0.381 e. The highest BCUT2D eigenvalue weighted by Crippen LogP contribution is 2.46. The van der Waals surface area contributed by atoms with Crippen LogP contribution in [-0.4, -0.2) is 6.04 Å². The molecule has 104 valence electrons. The maximum Gasteiger partial charge on any atom is 0.416 e. The third-order valence-corrected chi connectivity index (χ3v) is 4.53. The molecule has 1 N–H and O–H groups in total. The molecule has 2 fully saturated rings. The molecule has 0 aromatic heterocycles. The molecule has 2 aliphatic rings. The molecule has 0 aliphatic heterocycles. The monoisotopic (exact) mass is 333 g/mol. The summed E-state index contributed by atoms with van der Waals surface area (Å²) >= 11 is 3.24. The Morgan fingerprint density at radius 1 is 1.11 bits per heavy atom. The van der Waals surface area contributed by atoms with Crippen molar-refractivity contribution in [2.75, 3.05) is 5.32 Å². The van der Waals surface area contributed by atoms with Crippen molar-refractivity contribution in [1.29, 1.82) is 0 Å². The highest BCUT2D eigenvalue weighted by Gasteiger charge is 2.41. The van der Waals surface area contributed by atoms with Crippen LogP contribution in [-0.2, 0) is 6.18 Å². The van der Waals surface area contributed by atoms with Crippen LogP contribution < -0.4 is 5.32 Å². The molecule has 5 heteroatoms. The Hall–Kier alpha value is -0.710. The van der Waals surface area contributed by atoms with Crippen molar-refractivity contribution in [1.82, 2.24) is 0 Å². The van der Waals surface area contributed by atoms with E-state index in [-0.39, 0.29) is 0 Å². The Bertz CT molecular complexity index is 466. The Morgan fingerprint density at radius 3 is 2.11 bits per heavy atom. The number of halogens is 4. The van der Waals surface area contributed by atoms with Gasteiger partial charge in [-0.3, -0.25) is 0 Å². The van der Waals surface area contributed by atoms with E-state index in [1.807, 2.05) is 0 Å². The number of hydrogen-bond donors (Lipinski definition) is 1. The van der Waals surface area contributed by atoms with Gasteiger partial charge in [0.1, 0.15) is 0 Å². The first kappa shape index (κ1) is 13.3. The van der Waals surface area contributed by atoms with Crippen molar-refractivity contribution < 1.29 is 13.2 Å². The number of anilines is 1. The van der Waals surface area contributed by atoms with E-state index in [0.717, 1.165) is 17.8 Å². The Labute approximate surface area is 118 Å². The minimum Gasteiger partial charge on any atom is -0.381 e. The SMILES string of the molecule is FC(F)(F)c1ccc(NC(C2CC2)C2CC2)c(Br)c1. The molecule has 0 bridgehead atoms. The van der Waals surface area contributed by atoms with E-state index in [9.17, 15) is 13.2 Å². The molecule has 1 aromatic rings. The van der Waals surface area contributed by atoms with Gasteiger partial charge in [0.2, 0.25) is 0 Å². The lowest BCUT2D eigenvalue weighted by atomic mass is 10.1. The van der Waals surface area contributed by atoms with Gasteiger partial charge < -0.3 is 5.32 Å². The minimum atomic E-state index is -4.28. The third-order valence-electron chi connectivity index (χ3n) is 3.88. The maximum atomic E-state index is 12.6. The quantitative estimate of drug-likeness (QED) is 0.811. The molecular formula is C14H15BrF3N. The van der Waals surface area contributed by atoms with Crippen LogP contribution in [0.25, 0.3) is 0 Å². The molecule has 2 aliphatic carbocycles. The van der Waals surface area contributed by atoms with Gasteiger partial charge in [-0.25, -0.2) is 0 Å². The van der Waals surface area contributed by atoms with Gasteiger partial charge in [0.25, 0.3) is 0 Å². The second-order valence-corrected chi connectivity index (χ2v) is 6.39. The van der Waals surface area contributed by atoms with Crippen LogP contribution >= 0.6 is 15.9 Å². The topological polar surface area (TPSA) is 12.0 Å². The van der Waals surface area contributed by atoms with E-state index in [1.54, 1.807) is 0 Å². The predicted molar refractivity (Wildman–Crippen MR) is 72.0 cm³/mol. The molecule has 0 spiro atoms. The highest BCUT2D eigenvalue weighted by molar-refractivity contribution is 9.10. The normalized spacial score (nSPS) is 19.8. The summed E-state index contributed by atoms with van der Waals surface area (Å²) in [5.74, 6) is 1.42. The van der Waals surface area contributed by atoms with Crippen LogP contribution in [0.4, 0.5) is 18.9 Å². The number of rotatable bonds is 4. The van der Waals surface area contributed by atoms with Crippen LogP contribution in [0.3, 0.4) is 0 Å². The standard InChI is InChI=1S/C14H15BrF3N/c15-11-7-10(14(16,17)18)5-6-12(11)19-13(8-1-2-8)9-3-4-9/h5-9,13,19H,1-4H2. The average Bonchev–Trinajstić information content (AvgIpc) is 3.19. The molecule has 19 heavy (non-hydrogen) atoms. The zero-order chi connectivity index (χ0) is 13.6. The van der Waals surface area contributed by atoms with E-state index in [1.165, 1.54) is 31.7 Å². The predicted octanol–water partition coefficient (Wildman–Crippen LogP) is 5.07. The summed E-state index contributed by atoms with van der Waals surface area (Å²) in [7, 11) is 0. The second-order valence-electron chi connectivity index (χ2n) is 5.54. The minimum absolute atomic E-state index is 0.438. The first-order valence-corrected chi connectivity index (χ1v) is 7.38. The van der Waals surface area contributed by atoms with Gasteiger partial charge in [-0.1, -0.05) is 0 Å². The Morgan fingerprint density at radius 2 is 1.68 bits per heavy atom. The lowest BCUT2D eigenvalue weighted by Crippen LogP contribution is -2.24. The second kappa shape index (κ2) is 4.69. The molecule has 2 saturated carbocycles. The Balaban J connectivity index is 1.77. The molecule has 3 rings (SSSR count). The maximum absolute atomic E-state index is 12.6. The van der Waals surface area contributed by atoms with E-state index >= 15 is 0 Å². The molecule has 0 heterocycles. The van der Waals surface area contributed by atoms with E-state index < -0.39 is 11.7 Å². The summed E-state index contributed by atoms with van der Waals surface area (Å²) in [5, 5.41) is 3.44. The third kappa shape index (κ3) is 3.07. The van der Waals surface area contributed by atoms with E-state index in [2.05, 4.69) is 21.2 Å². The molecule has 1 nitrogen and oxygen atoms in total. The van der Waals surface area contributed by atoms with Gasteiger partial charge in [0, 0.05) is 16.2 Å². The molecular weight excluding hydrogens is 319 g/mol. The van der Waals surface area contributed by atoms with Crippen molar-refractivity contribution >= 4 is 21.6 Å². The van der Waals surface area contributed by atoms with Crippen LogP contribution in [0.1, 0.15) is 31.2 Å². The lowest BCUT2D eigenvalue weighted by molar-refractivity contribution is -0.137. The van der Waals surface area contributed by atoms with Gasteiger partial charge >= 0.3 is 6.18 Å². The first-order chi connectivity index (χ1) is 8.95. The van der Waals surface area contributed by atoms with Gasteiger partial charge in [-0.05, 0) is 71.6 Å². The fourth-order valence-electron chi connectivity index (χ4n) is 2.52. The summed E-state index contributed by atoms with van der Waals surface area (Å²) in [4.78, 5) is 0. The summed E-state index contributed by atoms with van der Waals surface area (Å²) in [6, 6.07) is 4.27. The first-order valence-electron chi connectivity index (χ1n) is 6.58.